The second kappa shape index (κ2) is 4.79. The van der Waals surface area contributed by atoms with Crippen LogP contribution in [0.15, 0.2) is 11.2 Å². The Bertz CT molecular complexity index is 339. The summed E-state index contributed by atoms with van der Waals surface area (Å²) in [5.41, 5.74) is 5.43. The minimum absolute atomic E-state index is 0.148. The molecule has 0 bridgehead atoms. The molecule has 1 fully saturated rings. The number of anilines is 1. The lowest BCUT2D eigenvalue weighted by Gasteiger charge is -2.20. The predicted octanol–water partition coefficient (Wildman–Crippen LogP) is 2.62. The van der Waals surface area contributed by atoms with E-state index in [1.54, 1.807) is 0 Å². The molecule has 82 valence electrons. The number of rotatable bonds is 2. The van der Waals surface area contributed by atoms with E-state index in [2.05, 4.69) is 9.97 Å². The maximum atomic E-state index is 13.3. The van der Waals surface area contributed by atoms with Gasteiger partial charge in [-0.2, -0.15) is 0 Å². The van der Waals surface area contributed by atoms with Gasteiger partial charge in [0, 0.05) is 5.25 Å². The van der Waals surface area contributed by atoms with Gasteiger partial charge in [-0.15, -0.1) is 0 Å². The molecule has 1 aliphatic carbocycles. The Morgan fingerprint density at radius 3 is 2.80 bits per heavy atom. The lowest BCUT2D eigenvalue weighted by atomic mass is 10.0. The standard InChI is InChI=1S/C10H14FN3S/c11-8-6-13-10(12)14-9(8)15-7-4-2-1-3-5-7/h6-7H,1-5H2,(H2,12,13,14). The lowest BCUT2D eigenvalue weighted by molar-refractivity contribution is 0.513. The topological polar surface area (TPSA) is 51.8 Å². The molecule has 0 spiro atoms. The summed E-state index contributed by atoms with van der Waals surface area (Å²) >= 11 is 1.50. The van der Waals surface area contributed by atoms with Crippen molar-refractivity contribution >= 4 is 17.7 Å². The summed E-state index contributed by atoms with van der Waals surface area (Å²) in [6, 6.07) is 0. The van der Waals surface area contributed by atoms with E-state index in [-0.39, 0.29) is 11.8 Å². The van der Waals surface area contributed by atoms with Crippen molar-refractivity contribution in [2.45, 2.75) is 42.4 Å². The van der Waals surface area contributed by atoms with Gasteiger partial charge in [0.25, 0.3) is 0 Å². The van der Waals surface area contributed by atoms with E-state index in [0.717, 1.165) is 19.0 Å². The molecule has 0 amide bonds. The van der Waals surface area contributed by atoms with Gasteiger partial charge in [0.05, 0.1) is 6.20 Å². The molecule has 15 heavy (non-hydrogen) atoms. The normalized spacial score (nSPS) is 17.9. The Morgan fingerprint density at radius 2 is 2.07 bits per heavy atom. The molecule has 5 heteroatoms. The Hall–Kier alpha value is -0.840. The number of nitrogens with two attached hydrogens (primary N) is 1. The summed E-state index contributed by atoms with van der Waals surface area (Å²) in [6.07, 6.45) is 7.21. The largest absolute Gasteiger partial charge is 0.368 e. The molecule has 0 aliphatic heterocycles. The van der Waals surface area contributed by atoms with E-state index in [0.29, 0.717) is 10.3 Å². The van der Waals surface area contributed by atoms with Crippen LogP contribution in [0.3, 0.4) is 0 Å². The van der Waals surface area contributed by atoms with Crippen LogP contribution in [0.4, 0.5) is 10.3 Å². The van der Waals surface area contributed by atoms with Crippen molar-refractivity contribution in [1.29, 1.82) is 0 Å². The summed E-state index contributed by atoms with van der Waals surface area (Å²) in [4.78, 5) is 7.53. The van der Waals surface area contributed by atoms with E-state index in [4.69, 9.17) is 5.73 Å². The monoisotopic (exact) mass is 227 g/mol. The summed E-state index contributed by atoms with van der Waals surface area (Å²) in [5, 5.41) is 0.886. The highest BCUT2D eigenvalue weighted by molar-refractivity contribution is 7.99. The van der Waals surface area contributed by atoms with Gasteiger partial charge in [0.1, 0.15) is 5.03 Å². The number of halogens is 1. The Kier molecular flexibility index (Phi) is 3.41. The third-order valence-corrected chi connectivity index (χ3v) is 3.88. The van der Waals surface area contributed by atoms with Crippen molar-refractivity contribution in [3.63, 3.8) is 0 Å². The second-order valence-corrected chi connectivity index (χ2v) is 5.05. The highest BCUT2D eigenvalue weighted by Crippen LogP contribution is 2.33. The average molecular weight is 227 g/mol. The first-order valence-electron chi connectivity index (χ1n) is 5.20. The molecule has 2 N–H and O–H groups in total. The summed E-state index contributed by atoms with van der Waals surface area (Å²) in [7, 11) is 0. The summed E-state index contributed by atoms with van der Waals surface area (Å²) in [5.74, 6) is -0.213. The van der Waals surface area contributed by atoms with E-state index in [9.17, 15) is 4.39 Å². The third kappa shape index (κ3) is 2.81. The molecule has 0 atom stereocenters. The molecule has 2 rings (SSSR count). The van der Waals surface area contributed by atoms with Crippen molar-refractivity contribution in [2.75, 3.05) is 5.73 Å². The molecule has 1 saturated carbocycles. The number of hydrogen-bond donors (Lipinski definition) is 1. The lowest BCUT2D eigenvalue weighted by Crippen LogP contribution is -2.09. The van der Waals surface area contributed by atoms with Crippen LogP contribution in [0.5, 0.6) is 0 Å². The van der Waals surface area contributed by atoms with Crippen molar-refractivity contribution < 1.29 is 4.39 Å². The highest BCUT2D eigenvalue weighted by Gasteiger charge is 2.17. The van der Waals surface area contributed by atoms with E-state index in [1.165, 1.54) is 31.0 Å². The van der Waals surface area contributed by atoms with Crippen LogP contribution >= 0.6 is 11.8 Å². The van der Waals surface area contributed by atoms with Gasteiger partial charge in [0.2, 0.25) is 5.95 Å². The smallest absolute Gasteiger partial charge is 0.221 e. The van der Waals surface area contributed by atoms with Gasteiger partial charge < -0.3 is 5.73 Å². The molecular weight excluding hydrogens is 213 g/mol. The fourth-order valence-corrected chi connectivity index (χ4v) is 2.98. The van der Waals surface area contributed by atoms with Gasteiger partial charge in [0.15, 0.2) is 5.82 Å². The van der Waals surface area contributed by atoms with Crippen LogP contribution in [0.25, 0.3) is 0 Å². The van der Waals surface area contributed by atoms with Crippen LogP contribution in [0, 0.1) is 5.82 Å². The zero-order valence-corrected chi connectivity index (χ0v) is 9.26. The highest BCUT2D eigenvalue weighted by atomic mass is 32.2. The maximum Gasteiger partial charge on any atom is 0.221 e. The van der Waals surface area contributed by atoms with Crippen molar-refractivity contribution in [3.8, 4) is 0 Å². The van der Waals surface area contributed by atoms with Crippen molar-refractivity contribution in [2.24, 2.45) is 0 Å². The molecule has 0 unspecified atom stereocenters. The molecular formula is C10H14FN3S. The molecule has 1 heterocycles. The number of thioether (sulfide) groups is 1. The fourth-order valence-electron chi connectivity index (χ4n) is 1.79. The number of nitrogen functional groups attached to an aromatic ring is 1. The van der Waals surface area contributed by atoms with Crippen molar-refractivity contribution in [3.05, 3.63) is 12.0 Å². The molecule has 0 saturated heterocycles. The molecule has 0 radical (unpaired) electrons. The number of hydrogen-bond acceptors (Lipinski definition) is 4. The Balaban J connectivity index is 2.05. The molecule has 1 aromatic rings. The first kappa shape index (κ1) is 10.7. The number of nitrogens with zero attached hydrogens (tertiary/aromatic N) is 2. The quantitative estimate of drug-likeness (QED) is 0.789. The van der Waals surface area contributed by atoms with Crippen LogP contribution in [-0.4, -0.2) is 15.2 Å². The maximum absolute atomic E-state index is 13.3. The summed E-state index contributed by atoms with van der Waals surface area (Å²) < 4.78 is 13.3. The first-order chi connectivity index (χ1) is 7.25. The minimum atomic E-state index is -0.361. The first-order valence-corrected chi connectivity index (χ1v) is 6.08. The predicted molar refractivity (Wildman–Crippen MR) is 59.1 cm³/mol. The van der Waals surface area contributed by atoms with Gasteiger partial charge in [-0.05, 0) is 12.8 Å². The zero-order chi connectivity index (χ0) is 10.7. The zero-order valence-electron chi connectivity index (χ0n) is 8.45. The van der Waals surface area contributed by atoms with Crippen LogP contribution < -0.4 is 5.73 Å². The summed E-state index contributed by atoms with van der Waals surface area (Å²) in [6.45, 7) is 0. The molecule has 0 aromatic carbocycles. The molecule has 1 aromatic heterocycles. The average Bonchev–Trinajstić information content (AvgIpc) is 2.25. The SMILES string of the molecule is Nc1ncc(F)c(SC2CCCCC2)n1. The Labute approximate surface area is 92.7 Å². The van der Waals surface area contributed by atoms with Crippen molar-refractivity contribution in [1.82, 2.24) is 9.97 Å². The van der Waals surface area contributed by atoms with Crippen LogP contribution in [0.2, 0.25) is 0 Å². The van der Waals surface area contributed by atoms with Gasteiger partial charge >= 0.3 is 0 Å². The Morgan fingerprint density at radius 1 is 1.33 bits per heavy atom. The second-order valence-electron chi connectivity index (χ2n) is 3.76. The molecule has 3 nitrogen and oxygen atoms in total. The van der Waals surface area contributed by atoms with Gasteiger partial charge in [-0.1, -0.05) is 31.0 Å². The number of aromatic nitrogens is 2. The minimum Gasteiger partial charge on any atom is -0.368 e. The van der Waals surface area contributed by atoms with E-state index in [1.807, 2.05) is 0 Å². The van der Waals surface area contributed by atoms with Gasteiger partial charge in [-0.25, -0.2) is 14.4 Å². The van der Waals surface area contributed by atoms with Crippen LogP contribution in [0.1, 0.15) is 32.1 Å². The van der Waals surface area contributed by atoms with E-state index < -0.39 is 0 Å². The van der Waals surface area contributed by atoms with Gasteiger partial charge in [-0.3, -0.25) is 0 Å². The van der Waals surface area contributed by atoms with Crippen LogP contribution in [-0.2, 0) is 0 Å². The fraction of sp³-hybridized carbons (Fsp3) is 0.600. The van der Waals surface area contributed by atoms with E-state index >= 15 is 0 Å². The molecule has 1 aliphatic rings. The third-order valence-electron chi connectivity index (χ3n) is 2.56.